The van der Waals surface area contributed by atoms with Gasteiger partial charge in [-0.25, -0.2) is 0 Å². The average Bonchev–Trinajstić information content (AvgIpc) is 2.38. The van der Waals surface area contributed by atoms with Gasteiger partial charge in [0.25, 0.3) is 0 Å². The quantitative estimate of drug-likeness (QED) is 0.644. The van der Waals surface area contributed by atoms with E-state index in [9.17, 15) is 0 Å². The summed E-state index contributed by atoms with van der Waals surface area (Å²) < 4.78 is 0. The predicted octanol–water partition coefficient (Wildman–Crippen LogP) is 1.81. The number of nitrogens with two attached hydrogens (primary N) is 1. The molecule has 1 aromatic rings. The summed E-state index contributed by atoms with van der Waals surface area (Å²) in [6, 6.07) is 6.67. The van der Waals surface area contributed by atoms with Crippen LogP contribution >= 0.6 is 0 Å². The summed E-state index contributed by atoms with van der Waals surface area (Å²) in [5, 5.41) is 7.73. The number of hydrogen-bond donors (Lipinski definition) is 2. The summed E-state index contributed by atoms with van der Waals surface area (Å²) >= 11 is 0. The molecule has 0 amide bonds. The summed E-state index contributed by atoms with van der Waals surface area (Å²) in [4.78, 5) is 4.85. The van der Waals surface area contributed by atoms with Gasteiger partial charge in [0.1, 0.15) is 5.84 Å². The lowest BCUT2D eigenvalue weighted by molar-refractivity contribution is 0.199. The highest BCUT2D eigenvalue weighted by Gasteiger charge is 2.24. The van der Waals surface area contributed by atoms with Crippen molar-refractivity contribution in [1.82, 2.24) is 4.90 Å². The van der Waals surface area contributed by atoms with Gasteiger partial charge in [-0.05, 0) is 38.1 Å². The molecule has 1 aliphatic rings. The van der Waals surface area contributed by atoms with Crippen molar-refractivity contribution in [2.24, 2.45) is 5.73 Å². The number of anilines is 1. The molecule has 0 aromatic heterocycles. The molecule has 1 aromatic carbocycles. The van der Waals surface area contributed by atoms with Gasteiger partial charge in [0.2, 0.25) is 0 Å². The highest BCUT2D eigenvalue weighted by molar-refractivity contribution is 6.00. The van der Waals surface area contributed by atoms with Crippen molar-refractivity contribution in [2.75, 3.05) is 31.1 Å². The van der Waals surface area contributed by atoms with Gasteiger partial charge >= 0.3 is 0 Å². The molecule has 1 saturated heterocycles. The Morgan fingerprint density at radius 2 is 2.16 bits per heavy atom. The fourth-order valence-electron chi connectivity index (χ4n) is 2.81. The van der Waals surface area contributed by atoms with E-state index >= 15 is 0 Å². The van der Waals surface area contributed by atoms with E-state index in [2.05, 4.69) is 36.6 Å². The maximum Gasteiger partial charge on any atom is 0.124 e. The lowest BCUT2D eigenvalue weighted by Crippen LogP contribution is -2.52. The zero-order valence-electron chi connectivity index (χ0n) is 12.1. The van der Waals surface area contributed by atoms with Gasteiger partial charge in [0.05, 0.1) is 0 Å². The first-order valence-electron chi connectivity index (χ1n) is 6.97. The van der Waals surface area contributed by atoms with Crippen LogP contribution in [0.1, 0.15) is 25.0 Å². The Bertz CT molecular complexity index is 469. The third kappa shape index (κ3) is 2.89. The highest BCUT2D eigenvalue weighted by atomic mass is 15.3. The molecule has 0 radical (unpaired) electrons. The Kier molecular flexibility index (Phi) is 4.10. The number of nitrogen functional groups attached to an aromatic ring is 1. The molecule has 4 nitrogen and oxygen atoms in total. The van der Waals surface area contributed by atoms with E-state index < -0.39 is 0 Å². The molecule has 0 saturated carbocycles. The largest absolute Gasteiger partial charge is 0.384 e. The van der Waals surface area contributed by atoms with Crippen LogP contribution in [-0.2, 0) is 0 Å². The third-order valence-electron chi connectivity index (χ3n) is 3.96. The van der Waals surface area contributed by atoms with Crippen LogP contribution in [0, 0.1) is 12.3 Å². The molecule has 1 heterocycles. The molecule has 0 bridgehead atoms. The normalized spacial score (nSPS) is 20.6. The summed E-state index contributed by atoms with van der Waals surface area (Å²) in [5.74, 6) is 0.153. The standard InChI is InChI=1S/C15H24N4/c1-4-18-7-8-19(10-12(18)3)14-9-11(2)5-6-13(14)15(16)17/h5-6,9,12H,4,7-8,10H2,1-3H3,(H3,16,17). The SMILES string of the molecule is CCN1CCN(c2cc(C)ccc2C(=N)N)CC1C. The Balaban J connectivity index is 2.27. The van der Waals surface area contributed by atoms with Crippen LogP contribution in [-0.4, -0.2) is 43.0 Å². The number of likely N-dealkylation sites (N-methyl/N-ethyl adjacent to an activating group) is 1. The Morgan fingerprint density at radius 3 is 2.74 bits per heavy atom. The Hall–Kier alpha value is -1.55. The second kappa shape index (κ2) is 5.61. The van der Waals surface area contributed by atoms with Crippen LogP contribution in [0.2, 0.25) is 0 Å². The lowest BCUT2D eigenvalue weighted by atomic mass is 10.1. The van der Waals surface area contributed by atoms with Gasteiger partial charge < -0.3 is 10.6 Å². The van der Waals surface area contributed by atoms with E-state index in [0.717, 1.165) is 37.4 Å². The van der Waals surface area contributed by atoms with Crippen molar-refractivity contribution in [1.29, 1.82) is 5.41 Å². The van der Waals surface area contributed by atoms with Crippen LogP contribution in [0.3, 0.4) is 0 Å². The van der Waals surface area contributed by atoms with Crippen molar-refractivity contribution < 1.29 is 0 Å². The Labute approximate surface area is 115 Å². The first-order valence-corrected chi connectivity index (χ1v) is 6.97. The molecule has 1 atom stereocenters. The van der Waals surface area contributed by atoms with Gasteiger partial charge in [0, 0.05) is 36.9 Å². The van der Waals surface area contributed by atoms with Crippen molar-refractivity contribution in [2.45, 2.75) is 26.8 Å². The van der Waals surface area contributed by atoms with Crippen molar-refractivity contribution in [3.8, 4) is 0 Å². The Morgan fingerprint density at radius 1 is 1.42 bits per heavy atom. The van der Waals surface area contributed by atoms with Crippen molar-refractivity contribution in [3.05, 3.63) is 29.3 Å². The minimum absolute atomic E-state index is 0.153. The molecule has 19 heavy (non-hydrogen) atoms. The maximum absolute atomic E-state index is 7.73. The van der Waals surface area contributed by atoms with Crippen LogP contribution in [0.5, 0.6) is 0 Å². The third-order valence-corrected chi connectivity index (χ3v) is 3.96. The van der Waals surface area contributed by atoms with Gasteiger partial charge in [0.15, 0.2) is 0 Å². The molecule has 1 unspecified atom stereocenters. The zero-order valence-corrected chi connectivity index (χ0v) is 12.1. The molecule has 2 rings (SSSR count). The van der Waals surface area contributed by atoms with E-state index in [-0.39, 0.29) is 5.84 Å². The second-order valence-electron chi connectivity index (χ2n) is 5.36. The predicted molar refractivity (Wildman–Crippen MR) is 81.1 cm³/mol. The number of hydrogen-bond acceptors (Lipinski definition) is 3. The molecule has 0 aliphatic carbocycles. The topological polar surface area (TPSA) is 56.4 Å². The number of piperazine rings is 1. The van der Waals surface area contributed by atoms with Gasteiger partial charge in [-0.2, -0.15) is 0 Å². The van der Waals surface area contributed by atoms with E-state index in [4.69, 9.17) is 11.1 Å². The molecular weight excluding hydrogens is 236 g/mol. The van der Waals surface area contributed by atoms with Crippen molar-refractivity contribution in [3.63, 3.8) is 0 Å². The van der Waals surface area contributed by atoms with Gasteiger partial charge in [-0.1, -0.05) is 13.0 Å². The smallest absolute Gasteiger partial charge is 0.124 e. The second-order valence-corrected chi connectivity index (χ2v) is 5.36. The van der Waals surface area contributed by atoms with E-state index in [1.165, 1.54) is 5.56 Å². The van der Waals surface area contributed by atoms with Crippen LogP contribution in [0.15, 0.2) is 18.2 Å². The molecule has 4 heteroatoms. The van der Waals surface area contributed by atoms with E-state index in [1.54, 1.807) is 0 Å². The number of aryl methyl sites for hydroxylation is 1. The summed E-state index contributed by atoms with van der Waals surface area (Å²) in [5.41, 5.74) is 8.88. The number of benzene rings is 1. The van der Waals surface area contributed by atoms with E-state index in [1.807, 2.05) is 12.1 Å². The molecule has 1 fully saturated rings. The molecule has 3 N–H and O–H groups in total. The monoisotopic (exact) mass is 260 g/mol. The van der Waals surface area contributed by atoms with Gasteiger partial charge in [-0.3, -0.25) is 10.3 Å². The number of rotatable bonds is 3. The van der Waals surface area contributed by atoms with Crippen LogP contribution in [0.4, 0.5) is 5.69 Å². The summed E-state index contributed by atoms with van der Waals surface area (Å²) in [6.45, 7) is 10.7. The molecule has 0 spiro atoms. The van der Waals surface area contributed by atoms with Crippen LogP contribution in [0.25, 0.3) is 0 Å². The minimum Gasteiger partial charge on any atom is -0.384 e. The van der Waals surface area contributed by atoms with E-state index in [0.29, 0.717) is 6.04 Å². The van der Waals surface area contributed by atoms with Crippen molar-refractivity contribution >= 4 is 11.5 Å². The van der Waals surface area contributed by atoms with Crippen LogP contribution < -0.4 is 10.6 Å². The number of amidine groups is 1. The number of nitrogens with one attached hydrogen (secondary N) is 1. The molecule has 104 valence electrons. The fraction of sp³-hybridized carbons (Fsp3) is 0.533. The maximum atomic E-state index is 7.73. The molecule has 1 aliphatic heterocycles. The number of nitrogens with zero attached hydrogens (tertiary/aromatic N) is 2. The fourth-order valence-corrected chi connectivity index (χ4v) is 2.81. The first-order chi connectivity index (χ1) is 9.02. The highest BCUT2D eigenvalue weighted by Crippen LogP contribution is 2.24. The molecular formula is C15H24N4. The summed E-state index contributed by atoms with van der Waals surface area (Å²) in [6.07, 6.45) is 0. The van der Waals surface area contributed by atoms with Gasteiger partial charge in [-0.15, -0.1) is 0 Å². The lowest BCUT2D eigenvalue weighted by Gasteiger charge is -2.41. The zero-order chi connectivity index (χ0) is 14.0. The average molecular weight is 260 g/mol. The summed E-state index contributed by atoms with van der Waals surface area (Å²) in [7, 11) is 0. The minimum atomic E-state index is 0.153. The first kappa shape index (κ1) is 13.9.